The van der Waals surface area contributed by atoms with Crippen LogP contribution in [0.1, 0.15) is 59.8 Å². The Balaban J connectivity index is 2.40. The van der Waals surface area contributed by atoms with E-state index in [4.69, 9.17) is 9.78 Å². The van der Waals surface area contributed by atoms with Crippen LogP contribution >= 0.6 is 0 Å². The molecule has 1 rings (SSSR count). The highest BCUT2D eigenvalue weighted by molar-refractivity contribution is 5.70. The molecule has 0 saturated heterocycles. The van der Waals surface area contributed by atoms with Crippen molar-refractivity contribution in [3.63, 3.8) is 0 Å². The summed E-state index contributed by atoms with van der Waals surface area (Å²) in [5.41, 5.74) is -0.356. The lowest BCUT2D eigenvalue weighted by molar-refractivity contribution is -0.339. The molecule has 0 radical (unpaired) electrons. The van der Waals surface area contributed by atoms with E-state index in [1.165, 1.54) is 32.1 Å². The summed E-state index contributed by atoms with van der Waals surface area (Å²) in [7, 11) is 0. The van der Waals surface area contributed by atoms with Gasteiger partial charge in [0.1, 0.15) is 5.60 Å². The molecule has 0 N–H and O–H groups in total. The fourth-order valence-corrected chi connectivity index (χ4v) is 2.11. The van der Waals surface area contributed by atoms with Gasteiger partial charge in [0.2, 0.25) is 0 Å². The molecular weight excluding hydrogens is 204 g/mol. The second-order valence-corrected chi connectivity index (χ2v) is 5.58. The molecule has 0 aromatic carbocycles. The standard InChI is InChI=1S/C13H24O3/c1-10(2)12(14)15-16-13(3,4)11-8-6-5-7-9-11/h10-11H,5-9H2,1-4H3. The van der Waals surface area contributed by atoms with Crippen LogP contribution in [0.4, 0.5) is 0 Å². The Kier molecular flexibility index (Phi) is 4.78. The largest absolute Gasteiger partial charge is 0.344 e. The molecule has 3 heteroatoms. The molecule has 0 spiro atoms. The second kappa shape index (κ2) is 5.67. The van der Waals surface area contributed by atoms with Gasteiger partial charge in [0.05, 0.1) is 5.92 Å². The van der Waals surface area contributed by atoms with E-state index in [2.05, 4.69) is 0 Å². The maximum Gasteiger partial charge on any atom is 0.344 e. The van der Waals surface area contributed by atoms with Crippen molar-refractivity contribution < 1.29 is 14.6 Å². The molecule has 1 aliphatic carbocycles. The zero-order valence-electron chi connectivity index (χ0n) is 10.9. The fraction of sp³-hybridized carbons (Fsp3) is 0.923. The fourth-order valence-electron chi connectivity index (χ4n) is 2.11. The van der Waals surface area contributed by atoms with E-state index in [0.29, 0.717) is 5.92 Å². The molecule has 3 nitrogen and oxygen atoms in total. The maximum atomic E-state index is 11.3. The predicted molar refractivity (Wildman–Crippen MR) is 62.7 cm³/mol. The Hall–Kier alpha value is -0.570. The Labute approximate surface area is 98.4 Å². The molecule has 0 unspecified atom stereocenters. The number of carbonyl (C=O) groups excluding carboxylic acids is 1. The summed E-state index contributed by atoms with van der Waals surface area (Å²) < 4.78 is 0. The van der Waals surface area contributed by atoms with Gasteiger partial charge in [-0.3, -0.25) is 4.89 Å². The van der Waals surface area contributed by atoms with Crippen LogP contribution in [0.15, 0.2) is 0 Å². The van der Waals surface area contributed by atoms with E-state index < -0.39 is 0 Å². The van der Waals surface area contributed by atoms with Crippen molar-refractivity contribution in [1.29, 1.82) is 0 Å². The van der Waals surface area contributed by atoms with Crippen LogP contribution in [-0.2, 0) is 14.6 Å². The first-order valence-electron chi connectivity index (χ1n) is 6.33. The molecule has 1 aliphatic rings. The normalized spacial score (nSPS) is 18.8. The minimum Gasteiger partial charge on any atom is -0.298 e. The highest BCUT2D eigenvalue weighted by Crippen LogP contribution is 2.34. The summed E-state index contributed by atoms with van der Waals surface area (Å²) in [6.07, 6.45) is 6.18. The van der Waals surface area contributed by atoms with Crippen LogP contribution in [0.25, 0.3) is 0 Å². The zero-order chi connectivity index (χ0) is 12.2. The van der Waals surface area contributed by atoms with Crippen molar-refractivity contribution in [2.75, 3.05) is 0 Å². The maximum absolute atomic E-state index is 11.3. The third kappa shape index (κ3) is 3.78. The highest BCUT2D eigenvalue weighted by Gasteiger charge is 2.34. The monoisotopic (exact) mass is 228 g/mol. The van der Waals surface area contributed by atoms with Crippen molar-refractivity contribution in [1.82, 2.24) is 0 Å². The van der Waals surface area contributed by atoms with E-state index in [1.54, 1.807) is 13.8 Å². The minimum absolute atomic E-state index is 0.137. The summed E-state index contributed by atoms with van der Waals surface area (Å²) in [5, 5.41) is 0. The molecule has 0 atom stereocenters. The Morgan fingerprint density at radius 1 is 1.19 bits per heavy atom. The van der Waals surface area contributed by atoms with Gasteiger partial charge in [-0.05, 0) is 32.6 Å². The lowest BCUT2D eigenvalue weighted by Gasteiger charge is -2.34. The molecule has 16 heavy (non-hydrogen) atoms. The third-order valence-electron chi connectivity index (χ3n) is 3.40. The van der Waals surface area contributed by atoms with E-state index in [1.807, 2.05) is 13.8 Å². The predicted octanol–water partition coefficient (Wildman–Crippen LogP) is 3.48. The Bertz CT molecular complexity index is 227. The Morgan fingerprint density at radius 2 is 1.75 bits per heavy atom. The summed E-state index contributed by atoms with van der Waals surface area (Å²) in [4.78, 5) is 21.6. The lowest BCUT2D eigenvalue weighted by Crippen LogP contribution is -2.37. The van der Waals surface area contributed by atoms with Crippen LogP contribution in [0.2, 0.25) is 0 Å². The summed E-state index contributed by atoms with van der Waals surface area (Å²) >= 11 is 0. The molecule has 0 amide bonds. The number of hydrogen-bond acceptors (Lipinski definition) is 3. The van der Waals surface area contributed by atoms with Gasteiger partial charge in [0.25, 0.3) is 0 Å². The average molecular weight is 228 g/mol. The van der Waals surface area contributed by atoms with Gasteiger partial charge in [-0.15, -0.1) is 0 Å². The molecule has 0 aromatic heterocycles. The van der Waals surface area contributed by atoms with Gasteiger partial charge in [-0.1, -0.05) is 33.1 Å². The van der Waals surface area contributed by atoms with Crippen molar-refractivity contribution >= 4 is 5.97 Å². The first-order chi connectivity index (χ1) is 7.43. The smallest absolute Gasteiger partial charge is 0.298 e. The van der Waals surface area contributed by atoms with Crippen molar-refractivity contribution in [3.8, 4) is 0 Å². The zero-order valence-corrected chi connectivity index (χ0v) is 10.9. The van der Waals surface area contributed by atoms with Gasteiger partial charge in [-0.25, -0.2) is 4.79 Å². The van der Waals surface area contributed by atoms with Crippen LogP contribution in [0.3, 0.4) is 0 Å². The van der Waals surface area contributed by atoms with Gasteiger partial charge < -0.3 is 0 Å². The summed E-state index contributed by atoms with van der Waals surface area (Å²) in [6, 6.07) is 0. The number of rotatable bonds is 4. The summed E-state index contributed by atoms with van der Waals surface area (Å²) in [5.74, 6) is 0.0762. The third-order valence-corrected chi connectivity index (χ3v) is 3.40. The minimum atomic E-state index is -0.356. The molecular formula is C13H24O3. The van der Waals surface area contributed by atoms with Crippen LogP contribution in [0, 0.1) is 11.8 Å². The number of hydrogen-bond donors (Lipinski definition) is 0. The van der Waals surface area contributed by atoms with E-state index >= 15 is 0 Å². The first-order valence-corrected chi connectivity index (χ1v) is 6.33. The van der Waals surface area contributed by atoms with Crippen molar-refractivity contribution in [2.45, 2.75) is 65.4 Å². The van der Waals surface area contributed by atoms with E-state index in [-0.39, 0.29) is 17.5 Å². The van der Waals surface area contributed by atoms with Crippen LogP contribution in [0.5, 0.6) is 0 Å². The van der Waals surface area contributed by atoms with Gasteiger partial charge in [-0.2, -0.15) is 4.89 Å². The summed E-state index contributed by atoms with van der Waals surface area (Å²) in [6.45, 7) is 7.63. The average Bonchev–Trinajstić information content (AvgIpc) is 2.27. The van der Waals surface area contributed by atoms with Gasteiger partial charge in [0, 0.05) is 0 Å². The molecule has 0 aromatic rings. The first kappa shape index (κ1) is 13.5. The second-order valence-electron chi connectivity index (χ2n) is 5.58. The highest BCUT2D eigenvalue weighted by atomic mass is 17.2. The number of carbonyl (C=O) groups is 1. The van der Waals surface area contributed by atoms with Crippen molar-refractivity contribution in [2.24, 2.45) is 11.8 Å². The van der Waals surface area contributed by atoms with E-state index in [0.717, 1.165) is 0 Å². The Morgan fingerprint density at radius 3 is 2.25 bits per heavy atom. The molecule has 1 saturated carbocycles. The quantitative estimate of drug-likeness (QED) is 0.546. The van der Waals surface area contributed by atoms with Crippen LogP contribution < -0.4 is 0 Å². The van der Waals surface area contributed by atoms with Crippen LogP contribution in [-0.4, -0.2) is 11.6 Å². The van der Waals surface area contributed by atoms with Crippen molar-refractivity contribution in [3.05, 3.63) is 0 Å². The molecule has 94 valence electrons. The topological polar surface area (TPSA) is 35.5 Å². The van der Waals surface area contributed by atoms with Gasteiger partial charge >= 0.3 is 5.97 Å². The van der Waals surface area contributed by atoms with E-state index in [9.17, 15) is 4.79 Å². The molecule has 0 aliphatic heterocycles. The van der Waals surface area contributed by atoms with Gasteiger partial charge in [0.15, 0.2) is 0 Å². The molecule has 0 bridgehead atoms. The molecule has 0 heterocycles. The lowest BCUT2D eigenvalue weighted by atomic mass is 9.79. The molecule has 1 fully saturated rings. The SMILES string of the molecule is CC(C)C(=O)OOC(C)(C)C1CCCCC1.